The highest BCUT2D eigenvalue weighted by Crippen LogP contribution is 2.30. The molecule has 0 amide bonds. The Kier molecular flexibility index (Phi) is 5.95. The maximum Gasteiger partial charge on any atom is 0.416 e. The van der Waals surface area contributed by atoms with Crippen LogP contribution in [0.2, 0.25) is 0 Å². The molecule has 0 bridgehead atoms. The fraction of sp³-hybridized carbons (Fsp3) is 0.462. The first kappa shape index (κ1) is 18.4. The van der Waals surface area contributed by atoms with Crippen molar-refractivity contribution >= 4 is 16.0 Å². The van der Waals surface area contributed by atoms with Gasteiger partial charge in [-0.1, -0.05) is 25.8 Å². The molecule has 0 unspecified atom stereocenters. The van der Waals surface area contributed by atoms with Crippen LogP contribution in [0, 0.1) is 0 Å². The van der Waals surface area contributed by atoms with Gasteiger partial charge < -0.3 is 5.11 Å². The highest BCUT2D eigenvalue weighted by Gasteiger charge is 2.32. The Balaban J connectivity index is 3.05. The van der Waals surface area contributed by atoms with Gasteiger partial charge in [-0.05, 0) is 24.6 Å². The molecule has 22 heavy (non-hydrogen) atoms. The van der Waals surface area contributed by atoms with E-state index in [-0.39, 0.29) is 6.42 Å². The second kappa shape index (κ2) is 7.10. The smallest absolute Gasteiger partial charge is 0.416 e. The van der Waals surface area contributed by atoms with Crippen LogP contribution in [0.3, 0.4) is 0 Å². The summed E-state index contributed by atoms with van der Waals surface area (Å²) in [5.74, 6) is -1.37. The fourth-order valence-electron chi connectivity index (χ4n) is 1.74. The van der Waals surface area contributed by atoms with E-state index in [4.69, 9.17) is 5.11 Å². The van der Waals surface area contributed by atoms with Crippen molar-refractivity contribution in [2.24, 2.45) is 0 Å². The van der Waals surface area contributed by atoms with Crippen LogP contribution in [-0.2, 0) is 21.0 Å². The SMILES string of the molecule is CCCC[C@H](NS(=O)(=O)c1cccc(C(F)(F)F)c1)C(=O)O. The molecule has 0 saturated carbocycles. The van der Waals surface area contributed by atoms with Gasteiger partial charge in [0.1, 0.15) is 6.04 Å². The predicted molar refractivity (Wildman–Crippen MR) is 72.7 cm³/mol. The zero-order chi connectivity index (χ0) is 17.0. The van der Waals surface area contributed by atoms with Crippen LogP contribution in [0.25, 0.3) is 0 Å². The monoisotopic (exact) mass is 339 g/mol. The zero-order valence-corrected chi connectivity index (χ0v) is 12.5. The summed E-state index contributed by atoms with van der Waals surface area (Å²) in [6.45, 7) is 1.81. The van der Waals surface area contributed by atoms with Crippen molar-refractivity contribution in [1.29, 1.82) is 0 Å². The van der Waals surface area contributed by atoms with Crippen molar-refractivity contribution < 1.29 is 31.5 Å². The van der Waals surface area contributed by atoms with Gasteiger partial charge in [-0.25, -0.2) is 8.42 Å². The lowest BCUT2D eigenvalue weighted by Crippen LogP contribution is -2.40. The minimum atomic E-state index is -4.68. The summed E-state index contributed by atoms with van der Waals surface area (Å²) in [5.41, 5.74) is -1.11. The molecule has 124 valence electrons. The number of unbranched alkanes of at least 4 members (excludes halogenated alkanes) is 1. The van der Waals surface area contributed by atoms with E-state index >= 15 is 0 Å². The third-order valence-corrected chi connectivity index (χ3v) is 4.38. The highest BCUT2D eigenvalue weighted by atomic mass is 32.2. The molecule has 0 aromatic heterocycles. The Hall–Kier alpha value is -1.61. The molecule has 0 saturated heterocycles. The van der Waals surface area contributed by atoms with Gasteiger partial charge in [0.2, 0.25) is 10.0 Å². The lowest BCUT2D eigenvalue weighted by atomic mass is 10.1. The number of aliphatic carboxylic acids is 1. The molecule has 2 N–H and O–H groups in total. The molecule has 9 heteroatoms. The molecule has 0 aliphatic carbocycles. The summed E-state index contributed by atoms with van der Waals surface area (Å²) in [4.78, 5) is 10.4. The largest absolute Gasteiger partial charge is 0.480 e. The lowest BCUT2D eigenvalue weighted by molar-refractivity contribution is -0.139. The molecule has 1 aromatic carbocycles. The van der Waals surface area contributed by atoms with Crippen molar-refractivity contribution in [2.75, 3.05) is 0 Å². The standard InChI is InChI=1S/C13H16F3NO4S/c1-2-3-7-11(12(18)19)17-22(20,21)10-6-4-5-9(8-10)13(14,15)16/h4-6,8,11,17H,2-3,7H2,1H3,(H,18,19)/t11-/m0/s1. The van der Waals surface area contributed by atoms with Gasteiger partial charge in [-0.3, -0.25) is 4.79 Å². The molecule has 1 atom stereocenters. The number of carboxylic acids is 1. The Morgan fingerprint density at radius 2 is 2.00 bits per heavy atom. The first-order valence-electron chi connectivity index (χ1n) is 6.50. The summed E-state index contributed by atoms with van der Waals surface area (Å²) in [6.07, 6.45) is -3.49. The molecule has 0 aliphatic heterocycles. The van der Waals surface area contributed by atoms with Gasteiger partial charge in [-0.2, -0.15) is 17.9 Å². The molecular formula is C13H16F3NO4S. The normalized spacial score (nSPS) is 13.8. The van der Waals surface area contributed by atoms with Crippen LogP contribution in [0.4, 0.5) is 13.2 Å². The number of rotatable bonds is 7. The van der Waals surface area contributed by atoms with Gasteiger partial charge in [0.25, 0.3) is 0 Å². The topological polar surface area (TPSA) is 83.5 Å². The zero-order valence-electron chi connectivity index (χ0n) is 11.7. The highest BCUT2D eigenvalue weighted by molar-refractivity contribution is 7.89. The Labute approximate surface area is 126 Å². The summed E-state index contributed by atoms with van der Waals surface area (Å²) in [5, 5.41) is 8.99. The molecule has 0 radical (unpaired) electrons. The van der Waals surface area contributed by atoms with E-state index < -0.39 is 38.7 Å². The second-order valence-corrected chi connectivity index (χ2v) is 6.39. The minimum Gasteiger partial charge on any atom is -0.480 e. The van der Waals surface area contributed by atoms with Crippen molar-refractivity contribution in [1.82, 2.24) is 4.72 Å². The maximum absolute atomic E-state index is 12.6. The summed E-state index contributed by atoms with van der Waals surface area (Å²) in [6, 6.07) is 1.78. The molecule has 0 heterocycles. The number of benzene rings is 1. The quantitative estimate of drug-likeness (QED) is 0.800. The van der Waals surface area contributed by atoms with Crippen LogP contribution >= 0.6 is 0 Å². The van der Waals surface area contributed by atoms with Gasteiger partial charge in [0, 0.05) is 0 Å². The van der Waals surface area contributed by atoms with Crippen molar-refractivity contribution in [3.05, 3.63) is 29.8 Å². The number of carbonyl (C=O) groups is 1. The van der Waals surface area contributed by atoms with Gasteiger partial charge in [0.05, 0.1) is 10.5 Å². The molecule has 0 aliphatic rings. The van der Waals surface area contributed by atoms with Gasteiger partial charge >= 0.3 is 12.1 Å². The van der Waals surface area contributed by atoms with Gasteiger partial charge in [0.15, 0.2) is 0 Å². The van der Waals surface area contributed by atoms with E-state index in [1.54, 1.807) is 6.92 Å². The van der Waals surface area contributed by atoms with E-state index in [1.807, 2.05) is 4.72 Å². The molecular weight excluding hydrogens is 323 g/mol. The number of alkyl halides is 3. The van der Waals surface area contributed by atoms with E-state index in [1.165, 1.54) is 0 Å². The molecule has 0 fully saturated rings. The molecule has 5 nitrogen and oxygen atoms in total. The Bertz CT molecular complexity index is 628. The molecule has 0 spiro atoms. The van der Waals surface area contributed by atoms with Crippen LogP contribution in [0.1, 0.15) is 31.7 Å². The number of halogens is 3. The number of carboxylic acid groups (broad SMARTS) is 1. The predicted octanol–water partition coefficient (Wildman–Crippen LogP) is 2.63. The summed E-state index contributed by atoms with van der Waals surface area (Å²) < 4.78 is 63.8. The molecule has 1 rings (SSSR count). The van der Waals surface area contributed by atoms with E-state index in [0.717, 1.165) is 18.2 Å². The average Bonchev–Trinajstić information content (AvgIpc) is 2.42. The first-order valence-corrected chi connectivity index (χ1v) is 7.98. The first-order chi connectivity index (χ1) is 10.1. The van der Waals surface area contributed by atoms with Crippen LogP contribution in [0.5, 0.6) is 0 Å². The Morgan fingerprint density at radius 3 is 2.50 bits per heavy atom. The van der Waals surface area contributed by atoms with Crippen molar-refractivity contribution in [2.45, 2.75) is 43.3 Å². The molecule has 1 aromatic rings. The average molecular weight is 339 g/mol. The third-order valence-electron chi connectivity index (χ3n) is 2.91. The third kappa shape index (κ3) is 4.99. The fourth-order valence-corrected chi connectivity index (χ4v) is 3.01. The van der Waals surface area contributed by atoms with Crippen LogP contribution < -0.4 is 4.72 Å². The van der Waals surface area contributed by atoms with Crippen molar-refractivity contribution in [3.63, 3.8) is 0 Å². The van der Waals surface area contributed by atoms with Crippen molar-refractivity contribution in [3.8, 4) is 0 Å². The summed E-state index contributed by atoms with van der Waals surface area (Å²) >= 11 is 0. The second-order valence-electron chi connectivity index (χ2n) is 4.68. The maximum atomic E-state index is 12.6. The minimum absolute atomic E-state index is 0.0595. The van der Waals surface area contributed by atoms with E-state index in [9.17, 15) is 26.4 Å². The number of sulfonamides is 1. The van der Waals surface area contributed by atoms with Crippen LogP contribution in [0.15, 0.2) is 29.2 Å². The van der Waals surface area contributed by atoms with Crippen LogP contribution in [-0.4, -0.2) is 25.5 Å². The number of hydrogen-bond donors (Lipinski definition) is 2. The van der Waals surface area contributed by atoms with E-state index in [2.05, 4.69) is 0 Å². The van der Waals surface area contributed by atoms with E-state index in [0.29, 0.717) is 18.9 Å². The van der Waals surface area contributed by atoms with Gasteiger partial charge in [-0.15, -0.1) is 0 Å². The number of hydrogen-bond acceptors (Lipinski definition) is 3. The number of nitrogens with one attached hydrogen (secondary N) is 1. The summed E-state index contributed by atoms with van der Waals surface area (Å²) in [7, 11) is -4.35. The lowest BCUT2D eigenvalue weighted by Gasteiger charge is -2.15. The Morgan fingerprint density at radius 1 is 1.36 bits per heavy atom.